The van der Waals surface area contributed by atoms with Crippen LogP contribution in [-0.2, 0) is 15.1 Å². The Morgan fingerprint density at radius 1 is 0.929 bits per heavy atom. The Morgan fingerprint density at radius 3 is 2.40 bits per heavy atom. The van der Waals surface area contributed by atoms with Crippen molar-refractivity contribution in [2.24, 2.45) is 0 Å². The normalized spacial score (nSPS) is 15.7. The van der Waals surface area contributed by atoms with Gasteiger partial charge >= 0.3 is 5.97 Å². The third-order valence-electron chi connectivity index (χ3n) is 7.78. The Kier molecular flexibility index (Phi) is 8.69. The number of methoxy groups -OCH3 is 1. The van der Waals surface area contributed by atoms with Crippen LogP contribution in [0.1, 0.15) is 52.9 Å². The SMILES string of the molecule is CCOCCCN(CC)c1ccc(C2(c3cc(Nc4ccccc4)c(C)cc3OC)OC(=O)c3ccccc32)c(O)c1. The second-order valence-electron chi connectivity index (χ2n) is 10.3. The van der Waals surface area contributed by atoms with E-state index in [2.05, 4.69) is 17.1 Å². The fourth-order valence-corrected chi connectivity index (χ4v) is 5.69. The highest BCUT2D eigenvalue weighted by molar-refractivity contribution is 5.97. The molecule has 0 saturated heterocycles. The average molecular weight is 567 g/mol. The fraction of sp³-hybridized carbons (Fsp3) is 0.286. The van der Waals surface area contributed by atoms with Gasteiger partial charge < -0.3 is 29.5 Å². The van der Waals surface area contributed by atoms with E-state index in [1.54, 1.807) is 19.2 Å². The summed E-state index contributed by atoms with van der Waals surface area (Å²) in [5.41, 5.74) is 4.33. The van der Waals surface area contributed by atoms with Crippen LogP contribution < -0.4 is 15.0 Å². The van der Waals surface area contributed by atoms with Gasteiger partial charge in [-0.1, -0.05) is 36.4 Å². The minimum Gasteiger partial charge on any atom is -0.507 e. The maximum atomic E-state index is 13.4. The van der Waals surface area contributed by atoms with Gasteiger partial charge in [0.1, 0.15) is 11.5 Å². The van der Waals surface area contributed by atoms with Gasteiger partial charge in [-0.05, 0) is 75.2 Å². The van der Waals surface area contributed by atoms with Gasteiger partial charge in [-0.15, -0.1) is 0 Å². The lowest BCUT2D eigenvalue weighted by atomic mass is 9.78. The van der Waals surface area contributed by atoms with Crippen LogP contribution in [0.15, 0.2) is 84.9 Å². The number of hydrogen-bond donors (Lipinski definition) is 2. The molecule has 42 heavy (non-hydrogen) atoms. The first-order valence-corrected chi connectivity index (χ1v) is 14.4. The highest BCUT2D eigenvalue weighted by atomic mass is 16.6. The number of hydrogen-bond acceptors (Lipinski definition) is 7. The van der Waals surface area contributed by atoms with E-state index in [4.69, 9.17) is 14.2 Å². The number of phenolic OH excluding ortho intramolecular Hbond substituents is 1. The van der Waals surface area contributed by atoms with Gasteiger partial charge in [0.15, 0.2) is 5.60 Å². The largest absolute Gasteiger partial charge is 0.507 e. The second kappa shape index (κ2) is 12.6. The highest BCUT2D eigenvalue weighted by Gasteiger charge is 2.51. The zero-order chi connectivity index (χ0) is 29.7. The Balaban J connectivity index is 1.67. The van der Waals surface area contributed by atoms with Crippen LogP contribution >= 0.6 is 0 Å². The quantitative estimate of drug-likeness (QED) is 0.139. The van der Waals surface area contributed by atoms with Crippen molar-refractivity contribution in [1.82, 2.24) is 0 Å². The monoisotopic (exact) mass is 566 g/mol. The molecule has 0 radical (unpaired) electrons. The summed E-state index contributed by atoms with van der Waals surface area (Å²) >= 11 is 0. The standard InChI is InChI=1S/C35H38N2O5/c1-5-37(19-12-20-41-6-2)26-17-18-29(32(38)22-26)35(28-16-11-10-15-27(28)34(39)42-35)30-23-31(24(3)21-33(30)40-4)36-25-13-8-7-9-14-25/h7-11,13-18,21-23,36,38H,5-6,12,19-20H2,1-4H3. The number of benzene rings is 4. The van der Waals surface area contributed by atoms with Crippen molar-refractivity contribution in [1.29, 1.82) is 0 Å². The number of para-hydroxylation sites is 1. The van der Waals surface area contributed by atoms with E-state index in [0.717, 1.165) is 42.1 Å². The summed E-state index contributed by atoms with van der Waals surface area (Å²) in [6, 6.07) is 26.7. The molecular weight excluding hydrogens is 528 g/mol. The lowest BCUT2D eigenvalue weighted by Gasteiger charge is -2.33. The topological polar surface area (TPSA) is 80.3 Å². The number of anilines is 3. The van der Waals surface area contributed by atoms with Gasteiger partial charge in [0.05, 0.1) is 12.7 Å². The van der Waals surface area contributed by atoms with Crippen molar-refractivity contribution in [2.75, 3.05) is 43.6 Å². The first-order chi connectivity index (χ1) is 20.4. The summed E-state index contributed by atoms with van der Waals surface area (Å²) in [5, 5.41) is 15.2. The molecule has 218 valence electrons. The van der Waals surface area contributed by atoms with E-state index in [-0.39, 0.29) is 5.75 Å². The first-order valence-electron chi connectivity index (χ1n) is 14.4. The molecule has 7 nitrogen and oxygen atoms in total. The molecule has 0 bridgehead atoms. The van der Waals surface area contributed by atoms with E-state index >= 15 is 0 Å². The average Bonchev–Trinajstić information content (AvgIpc) is 3.31. The molecule has 1 unspecified atom stereocenters. The zero-order valence-electron chi connectivity index (χ0n) is 24.6. The number of phenols is 1. The number of carbonyl (C=O) groups excluding carboxylic acids is 1. The molecular formula is C35H38N2O5. The third kappa shape index (κ3) is 5.40. The number of esters is 1. The summed E-state index contributed by atoms with van der Waals surface area (Å²) in [6.07, 6.45) is 0.872. The number of rotatable bonds is 12. The predicted molar refractivity (Wildman–Crippen MR) is 166 cm³/mol. The van der Waals surface area contributed by atoms with Crippen LogP contribution in [0.2, 0.25) is 0 Å². The van der Waals surface area contributed by atoms with E-state index in [1.165, 1.54) is 0 Å². The molecule has 7 heteroatoms. The lowest BCUT2D eigenvalue weighted by Crippen LogP contribution is -2.31. The molecule has 0 aliphatic carbocycles. The number of nitrogens with one attached hydrogen (secondary N) is 1. The fourth-order valence-electron chi connectivity index (χ4n) is 5.69. The van der Waals surface area contributed by atoms with Gasteiger partial charge in [0.25, 0.3) is 0 Å². The Bertz CT molecular complexity index is 1550. The van der Waals surface area contributed by atoms with E-state index < -0.39 is 11.6 Å². The van der Waals surface area contributed by atoms with Crippen LogP contribution in [0.25, 0.3) is 0 Å². The van der Waals surface area contributed by atoms with E-state index in [9.17, 15) is 9.90 Å². The summed E-state index contributed by atoms with van der Waals surface area (Å²) in [5.74, 6) is 0.117. The van der Waals surface area contributed by atoms with Crippen LogP contribution in [0.5, 0.6) is 11.5 Å². The number of cyclic esters (lactones) is 1. The smallest absolute Gasteiger partial charge is 0.340 e. The maximum absolute atomic E-state index is 13.4. The summed E-state index contributed by atoms with van der Waals surface area (Å²) in [7, 11) is 1.60. The molecule has 0 fully saturated rings. The first kappa shape index (κ1) is 29.0. The van der Waals surface area contributed by atoms with Crippen LogP contribution in [-0.4, -0.2) is 44.5 Å². The highest BCUT2D eigenvalue weighted by Crippen LogP contribution is 2.53. The van der Waals surface area contributed by atoms with Gasteiger partial charge in [0.2, 0.25) is 0 Å². The van der Waals surface area contributed by atoms with Gasteiger partial charge in [0, 0.05) is 66.1 Å². The van der Waals surface area contributed by atoms with Crippen molar-refractivity contribution in [2.45, 2.75) is 32.8 Å². The van der Waals surface area contributed by atoms with Crippen molar-refractivity contribution in [3.05, 3.63) is 113 Å². The van der Waals surface area contributed by atoms with Gasteiger partial charge in [-0.3, -0.25) is 0 Å². The van der Waals surface area contributed by atoms with E-state index in [0.29, 0.717) is 41.2 Å². The molecule has 1 atom stereocenters. The van der Waals surface area contributed by atoms with E-state index in [1.807, 2.05) is 86.6 Å². The van der Waals surface area contributed by atoms with Crippen molar-refractivity contribution in [3.8, 4) is 11.5 Å². The zero-order valence-corrected chi connectivity index (χ0v) is 24.6. The van der Waals surface area contributed by atoms with Crippen molar-refractivity contribution >= 4 is 23.0 Å². The number of carbonyl (C=O) groups is 1. The van der Waals surface area contributed by atoms with Crippen LogP contribution in [0.4, 0.5) is 17.1 Å². The molecule has 1 heterocycles. The van der Waals surface area contributed by atoms with Crippen LogP contribution in [0, 0.1) is 6.92 Å². The molecule has 2 N–H and O–H groups in total. The molecule has 0 spiro atoms. The molecule has 0 amide bonds. The molecule has 4 aromatic carbocycles. The summed E-state index contributed by atoms with van der Waals surface area (Å²) in [4.78, 5) is 15.6. The predicted octanol–water partition coefficient (Wildman–Crippen LogP) is 7.17. The minimum atomic E-state index is -1.44. The number of aromatic hydroxyl groups is 1. The summed E-state index contributed by atoms with van der Waals surface area (Å²) < 4.78 is 17.8. The van der Waals surface area contributed by atoms with Gasteiger partial charge in [-0.2, -0.15) is 0 Å². The maximum Gasteiger partial charge on any atom is 0.340 e. The molecule has 4 aromatic rings. The number of fused-ring (bicyclic) bond motifs is 1. The molecule has 1 aliphatic rings. The second-order valence-corrected chi connectivity index (χ2v) is 10.3. The van der Waals surface area contributed by atoms with Crippen molar-refractivity contribution in [3.63, 3.8) is 0 Å². The molecule has 5 rings (SSSR count). The van der Waals surface area contributed by atoms with Crippen LogP contribution in [0.3, 0.4) is 0 Å². The number of nitrogens with zero attached hydrogens (tertiary/aromatic N) is 1. The van der Waals surface area contributed by atoms with Crippen molar-refractivity contribution < 1.29 is 24.1 Å². The Hall–Kier alpha value is -4.49. The Morgan fingerprint density at radius 2 is 1.69 bits per heavy atom. The minimum absolute atomic E-state index is 0.0282. The summed E-state index contributed by atoms with van der Waals surface area (Å²) in [6.45, 7) is 9.00. The third-order valence-corrected chi connectivity index (χ3v) is 7.78. The number of aryl methyl sites for hydroxylation is 1. The molecule has 0 saturated carbocycles. The van der Waals surface area contributed by atoms with Gasteiger partial charge in [-0.25, -0.2) is 4.79 Å². The molecule has 0 aromatic heterocycles. The number of ether oxygens (including phenoxy) is 3. The Labute approximate surface area is 247 Å². The lowest BCUT2D eigenvalue weighted by molar-refractivity contribution is 0.0239. The molecule has 1 aliphatic heterocycles.